The van der Waals surface area contributed by atoms with Gasteiger partial charge in [-0.2, -0.15) is 13.2 Å². The fourth-order valence-electron chi connectivity index (χ4n) is 1.67. The van der Waals surface area contributed by atoms with Crippen molar-refractivity contribution in [2.24, 2.45) is 0 Å². The van der Waals surface area contributed by atoms with Gasteiger partial charge in [-0.25, -0.2) is 0 Å². The number of rotatable bonds is 3. The fourth-order valence-corrected chi connectivity index (χ4v) is 1.67. The van der Waals surface area contributed by atoms with Gasteiger partial charge < -0.3 is 4.74 Å². The summed E-state index contributed by atoms with van der Waals surface area (Å²) in [6, 6.07) is 9.74. The third-order valence-corrected chi connectivity index (χ3v) is 2.65. The summed E-state index contributed by atoms with van der Waals surface area (Å²) in [7, 11) is 1.60. The second kappa shape index (κ2) is 5.40. The Morgan fingerprint density at radius 2 is 1.74 bits per heavy atom. The molecule has 0 atom stereocenters. The molecule has 0 saturated carbocycles. The lowest BCUT2D eigenvalue weighted by Crippen LogP contribution is -2.05. The van der Waals surface area contributed by atoms with Crippen LogP contribution in [0.25, 0.3) is 11.3 Å². The van der Waals surface area contributed by atoms with Gasteiger partial charge in [-0.05, 0) is 17.7 Å². The molecule has 2 rings (SSSR count). The first-order valence-electron chi connectivity index (χ1n) is 5.62. The second-order valence-electron chi connectivity index (χ2n) is 4.06. The molecule has 19 heavy (non-hydrogen) atoms. The minimum absolute atomic E-state index is 0.501. The molecule has 5 heteroatoms. The van der Waals surface area contributed by atoms with Crippen LogP contribution in [-0.2, 0) is 17.5 Å². The van der Waals surface area contributed by atoms with Crippen LogP contribution >= 0.6 is 0 Å². The van der Waals surface area contributed by atoms with Crippen molar-refractivity contribution < 1.29 is 17.9 Å². The summed E-state index contributed by atoms with van der Waals surface area (Å²) in [6.45, 7) is 0.501. The summed E-state index contributed by atoms with van der Waals surface area (Å²) in [6.07, 6.45) is -3.51. The number of hydrogen-bond acceptors (Lipinski definition) is 2. The van der Waals surface area contributed by atoms with Gasteiger partial charge in [-0.15, -0.1) is 0 Å². The maximum Gasteiger partial charge on any atom is 0.417 e. The third kappa shape index (κ3) is 3.32. The molecule has 0 aliphatic rings. The van der Waals surface area contributed by atoms with Crippen molar-refractivity contribution >= 4 is 0 Å². The Morgan fingerprint density at radius 1 is 1.05 bits per heavy atom. The molecule has 0 fully saturated rings. The smallest absolute Gasteiger partial charge is 0.380 e. The number of aromatic nitrogens is 1. The topological polar surface area (TPSA) is 22.1 Å². The first-order valence-corrected chi connectivity index (χ1v) is 5.62. The molecule has 100 valence electrons. The maximum absolute atomic E-state index is 12.4. The third-order valence-electron chi connectivity index (χ3n) is 2.65. The van der Waals surface area contributed by atoms with Crippen LogP contribution in [0, 0.1) is 0 Å². The number of ether oxygens (including phenoxy) is 1. The van der Waals surface area contributed by atoms with E-state index in [-0.39, 0.29) is 0 Å². The zero-order valence-electron chi connectivity index (χ0n) is 10.2. The zero-order valence-corrected chi connectivity index (χ0v) is 10.2. The van der Waals surface area contributed by atoms with Crippen molar-refractivity contribution in [3.8, 4) is 11.3 Å². The number of hydrogen-bond donors (Lipinski definition) is 0. The lowest BCUT2D eigenvalue weighted by atomic mass is 10.1. The Labute approximate surface area is 108 Å². The largest absolute Gasteiger partial charge is 0.417 e. The number of halogens is 3. The van der Waals surface area contributed by atoms with Crippen LogP contribution in [0.5, 0.6) is 0 Å². The minimum Gasteiger partial charge on any atom is -0.380 e. The molecule has 0 N–H and O–H groups in total. The Balaban J connectivity index is 2.22. The van der Waals surface area contributed by atoms with Gasteiger partial charge in [0.05, 0.1) is 17.9 Å². The SMILES string of the molecule is COCc1ccc(-c2ccc(C(F)(F)F)cn2)cc1. The molecular weight excluding hydrogens is 255 g/mol. The summed E-state index contributed by atoms with van der Waals surface area (Å²) in [5.41, 5.74) is 1.54. The standard InChI is InChI=1S/C14H12F3NO/c1-19-9-10-2-4-11(5-3-10)13-7-6-12(8-18-13)14(15,16)17/h2-8H,9H2,1H3. The molecule has 0 aliphatic heterocycles. The first-order chi connectivity index (χ1) is 9.00. The Bertz CT molecular complexity index is 532. The minimum atomic E-state index is -4.35. The molecule has 1 aromatic heterocycles. The zero-order chi connectivity index (χ0) is 13.9. The molecule has 0 amide bonds. The van der Waals surface area contributed by atoms with Crippen LogP contribution < -0.4 is 0 Å². The molecule has 2 nitrogen and oxygen atoms in total. The van der Waals surface area contributed by atoms with E-state index in [9.17, 15) is 13.2 Å². The second-order valence-corrected chi connectivity index (χ2v) is 4.06. The molecule has 0 saturated heterocycles. The average Bonchev–Trinajstić information content (AvgIpc) is 2.39. The van der Waals surface area contributed by atoms with Gasteiger partial charge in [0.25, 0.3) is 0 Å². The van der Waals surface area contributed by atoms with E-state index in [1.54, 1.807) is 7.11 Å². The summed E-state index contributed by atoms with van der Waals surface area (Å²) >= 11 is 0. The molecule has 1 aromatic carbocycles. The number of alkyl halides is 3. The van der Waals surface area contributed by atoms with Crippen LogP contribution in [0.4, 0.5) is 13.2 Å². The van der Waals surface area contributed by atoms with E-state index in [0.29, 0.717) is 12.3 Å². The maximum atomic E-state index is 12.4. The molecule has 0 unspecified atom stereocenters. The number of benzene rings is 1. The van der Waals surface area contributed by atoms with Crippen molar-refractivity contribution in [3.05, 3.63) is 53.7 Å². The lowest BCUT2D eigenvalue weighted by molar-refractivity contribution is -0.137. The first kappa shape index (κ1) is 13.5. The van der Waals surface area contributed by atoms with Crippen LogP contribution in [0.15, 0.2) is 42.6 Å². The van der Waals surface area contributed by atoms with Gasteiger partial charge in [0.1, 0.15) is 0 Å². The summed E-state index contributed by atoms with van der Waals surface area (Å²) in [5, 5.41) is 0. The van der Waals surface area contributed by atoms with E-state index < -0.39 is 11.7 Å². The molecule has 0 aliphatic carbocycles. The average molecular weight is 267 g/mol. The predicted octanol–water partition coefficient (Wildman–Crippen LogP) is 3.91. The summed E-state index contributed by atoms with van der Waals surface area (Å²) in [4.78, 5) is 3.84. The van der Waals surface area contributed by atoms with Gasteiger partial charge in [0, 0.05) is 18.9 Å². The van der Waals surface area contributed by atoms with Gasteiger partial charge in [-0.3, -0.25) is 4.98 Å². The molecular formula is C14H12F3NO. The Hall–Kier alpha value is -1.88. The number of nitrogens with zero attached hydrogens (tertiary/aromatic N) is 1. The van der Waals surface area contributed by atoms with E-state index >= 15 is 0 Å². The van der Waals surface area contributed by atoms with Gasteiger partial charge in [0.2, 0.25) is 0 Å². The summed E-state index contributed by atoms with van der Waals surface area (Å²) in [5.74, 6) is 0. The molecule has 0 bridgehead atoms. The normalized spacial score (nSPS) is 11.6. The Kier molecular flexibility index (Phi) is 3.85. The van der Waals surface area contributed by atoms with Crippen molar-refractivity contribution in [1.82, 2.24) is 4.98 Å². The summed E-state index contributed by atoms with van der Waals surface area (Å²) < 4.78 is 42.2. The Morgan fingerprint density at radius 3 is 2.21 bits per heavy atom. The van der Waals surface area contributed by atoms with E-state index in [1.807, 2.05) is 24.3 Å². The quantitative estimate of drug-likeness (QED) is 0.841. The van der Waals surface area contributed by atoms with Crippen molar-refractivity contribution in [3.63, 3.8) is 0 Å². The highest BCUT2D eigenvalue weighted by molar-refractivity contribution is 5.59. The van der Waals surface area contributed by atoms with Gasteiger partial charge in [-0.1, -0.05) is 24.3 Å². The predicted molar refractivity (Wildman–Crippen MR) is 65.4 cm³/mol. The van der Waals surface area contributed by atoms with Crippen molar-refractivity contribution in [1.29, 1.82) is 0 Å². The number of methoxy groups -OCH3 is 1. The van der Waals surface area contributed by atoms with Crippen LogP contribution in [-0.4, -0.2) is 12.1 Å². The van der Waals surface area contributed by atoms with Crippen molar-refractivity contribution in [2.75, 3.05) is 7.11 Å². The highest BCUT2D eigenvalue weighted by atomic mass is 19.4. The molecule has 0 radical (unpaired) electrons. The highest BCUT2D eigenvalue weighted by Crippen LogP contribution is 2.29. The van der Waals surface area contributed by atoms with Crippen LogP contribution in [0.2, 0.25) is 0 Å². The van der Waals surface area contributed by atoms with E-state index in [2.05, 4.69) is 4.98 Å². The molecule has 0 spiro atoms. The monoisotopic (exact) mass is 267 g/mol. The van der Waals surface area contributed by atoms with E-state index in [4.69, 9.17) is 4.74 Å². The van der Waals surface area contributed by atoms with Crippen LogP contribution in [0.1, 0.15) is 11.1 Å². The van der Waals surface area contributed by atoms with E-state index in [1.165, 1.54) is 6.07 Å². The fraction of sp³-hybridized carbons (Fsp3) is 0.214. The van der Waals surface area contributed by atoms with E-state index in [0.717, 1.165) is 23.4 Å². The van der Waals surface area contributed by atoms with Crippen LogP contribution in [0.3, 0.4) is 0 Å². The molecule has 2 aromatic rings. The molecule has 1 heterocycles. The van der Waals surface area contributed by atoms with Crippen molar-refractivity contribution in [2.45, 2.75) is 12.8 Å². The van der Waals surface area contributed by atoms with Gasteiger partial charge >= 0.3 is 6.18 Å². The van der Waals surface area contributed by atoms with Gasteiger partial charge in [0.15, 0.2) is 0 Å². The number of pyridine rings is 1. The lowest BCUT2D eigenvalue weighted by Gasteiger charge is -2.07. The highest BCUT2D eigenvalue weighted by Gasteiger charge is 2.30.